The van der Waals surface area contributed by atoms with Gasteiger partial charge in [-0.3, -0.25) is 4.72 Å². The number of carbonyl (C=O) groups is 1. The summed E-state index contributed by atoms with van der Waals surface area (Å²) in [6.07, 6.45) is 0. The zero-order valence-corrected chi connectivity index (χ0v) is 11.5. The minimum absolute atomic E-state index is 0.0457. The van der Waals surface area contributed by atoms with E-state index in [1.165, 1.54) is 16.7 Å². The molecular weight excluding hydrogens is 296 g/mol. The van der Waals surface area contributed by atoms with Crippen LogP contribution in [0.15, 0.2) is 21.0 Å². The van der Waals surface area contributed by atoms with E-state index in [0.717, 1.165) is 23.1 Å². The lowest BCUT2D eigenvalue weighted by Gasteiger charge is -2.01. The van der Waals surface area contributed by atoms with Gasteiger partial charge in [0.25, 0.3) is 10.0 Å². The molecule has 0 bridgehead atoms. The van der Waals surface area contributed by atoms with Gasteiger partial charge in [0, 0.05) is 10.8 Å². The molecule has 0 fully saturated rings. The van der Waals surface area contributed by atoms with Crippen molar-refractivity contribution in [2.45, 2.75) is 11.1 Å². The van der Waals surface area contributed by atoms with Crippen LogP contribution in [0, 0.1) is 6.92 Å². The fourth-order valence-corrected chi connectivity index (χ4v) is 4.23. The van der Waals surface area contributed by atoms with Crippen LogP contribution < -0.4 is 4.72 Å². The van der Waals surface area contributed by atoms with E-state index in [1.54, 1.807) is 12.3 Å². The van der Waals surface area contributed by atoms with Crippen molar-refractivity contribution in [1.29, 1.82) is 0 Å². The van der Waals surface area contributed by atoms with Crippen LogP contribution >= 0.6 is 22.7 Å². The van der Waals surface area contributed by atoms with E-state index in [0.29, 0.717) is 0 Å². The third-order valence-electron chi connectivity index (χ3n) is 1.93. The number of thiophene rings is 1. The average Bonchev–Trinajstić information content (AvgIpc) is 2.86. The molecule has 0 unspecified atom stereocenters. The molecule has 2 aromatic heterocycles. The number of thiazole rings is 1. The Bertz CT molecular complexity index is 686. The minimum atomic E-state index is -3.76. The van der Waals surface area contributed by atoms with Crippen LogP contribution in [-0.2, 0) is 10.0 Å². The number of nitrogens with one attached hydrogen (secondary N) is 1. The molecule has 18 heavy (non-hydrogen) atoms. The Morgan fingerprint density at radius 2 is 2.11 bits per heavy atom. The van der Waals surface area contributed by atoms with Crippen molar-refractivity contribution in [3.63, 3.8) is 0 Å². The number of sulfonamides is 1. The Kier molecular flexibility index (Phi) is 3.37. The van der Waals surface area contributed by atoms with Gasteiger partial charge in [0.05, 0.1) is 11.3 Å². The third kappa shape index (κ3) is 2.68. The summed E-state index contributed by atoms with van der Waals surface area (Å²) < 4.78 is 26.1. The molecule has 0 aliphatic rings. The van der Waals surface area contributed by atoms with Gasteiger partial charge in [-0.05, 0) is 13.0 Å². The fourth-order valence-electron chi connectivity index (χ4n) is 1.14. The van der Waals surface area contributed by atoms with Gasteiger partial charge in [-0.2, -0.15) is 0 Å². The Morgan fingerprint density at radius 3 is 2.61 bits per heavy atom. The summed E-state index contributed by atoms with van der Waals surface area (Å²) in [5.74, 6) is -1.15. The van der Waals surface area contributed by atoms with Gasteiger partial charge in [0.2, 0.25) is 0 Å². The van der Waals surface area contributed by atoms with Gasteiger partial charge < -0.3 is 5.11 Å². The van der Waals surface area contributed by atoms with Crippen molar-refractivity contribution >= 4 is 43.8 Å². The highest BCUT2D eigenvalue weighted by atomic mass is 32.2. The number of carboxylic acid groups (broad SMARTS) is 1. The van der Waals surface area contributed by atoms with E-state index in [9.17, 15) is 13.2 Å². The van der Waals surface area contributed by atoms with Crippen LogP contribution in [-0.4, -0.2) is 24.5 Å². The zero-order valence-electron chi connectivity index (χ0n) is 9.08. The van der Waals surface area contributed by atoms with Crippen LogP contribution in [0.25, 0.3) is 0 Å². The molecule has 6 nitrogen and oxygen atoms in total. The molecule has 0 saturated heterocycles. The smallest absolute Gasteiger partial charge is 0.336 e. The van der Waals surface area contributed by atoms with Crippen molar-refractivity contribution in [1.82, 2.24) is 4.98 Å². The number of rotatable bonds is 4. The summed E-state index contributed by atoms with van der Waals surface area (Å²) in [4.78, 5) is 14.7. The molecule has 2 rings (SSSR count). The van der Waals surface area contributed by atoms with E-state index in [4.69, 9.17) is 5.11 Å². The summed E-state index contributed by atoms with van der Waals surface area (Å²) in [6.45, 7) is 1.75. The van der Waals surface area contributed by atoms with Crippen molar-refractivity contribution in [2.75, 3.05) is 4.72 Å². The van der Waals surface area contributed by atoms with Crippen LogP contribution in [0.4, 0.5) is 5.13 Å². The molecular formula is C9H8N2O4S3. The Hall–Kier alpha value is -1.45. The lowest BCUT2D eigenvalue weighted by Crippen LogP contribution is -2.11. The van der Waals surface area contributed by atoms with Crippen LogP contribution in [0.1, 0.15) is 16.1 Å². The minimum Gasteiger partial charge on any atom is -0.478 e. The molecule has 0 spiro atoms. The van der Waals surface area contributed by atoms with Gasteiger partial charge in [-0.25, -0.2) is 18.2 Å². The molecule has 0 aromatic carbocycles. The maximum absolute atomic E-state index is 11.9. The van der Waals surface area contributed by atoms with Crippen LogP contribution in [0.5, 0.6) is 0 Å². The summed E-state index contributed by atoms with van der Waals surface area (Å²) in [6, 6.07) is 1.12. The number of nitrogens with zero attached hydrogens (tertiary/aromatic N) is 1. The van der Waals surface area contributed by atoms with Crippen molar-refractivity contribution in [3.05, 3.63) is 28.1 Å². The molecule has 0 radical (unpaired) electrons. The van der Waals surface area contributed by atoms with Crippen molar-refractivity contribution < 1.29 is 18.3 Å². The fraction of sp³-hybridized carbons (Fsp3) is 0.111. The first-order chi connectivity index (χ1) is 8.38. The predicted octanol–water partition coefficient (Wildman–Crippen LogP) is 2.01. The first-order valence-electron chi connectivity index (χ1n) is 4.65. The molecule has 0 aliphatic heterocycles. The Balaban J connectivity index is 2.27. The van der Waals surface area contributed by atoms with E-state index in [2.05, 4.69) is 9.71 Å². The largest absolute Gasteiger partial charge is 0.478 e. The van der Waals surface area contributed by atoms with E-state index >= 15 is 0 Å². The summed E-state index contributed by atoms with van der Waals surface area (Å²) in [5.41, 5.74) is 0.672. The van der Waals surface area contributed by atoms with Gasteiger partial charge in [-0.1, -0.05) is 0 Å². The van der Waals surface area contributed by atoms with E-state index in [1.807, 2.05) is 0 Å². The molecule has 2 heterocycles. The van der Waals surface area contributed by atoms with E-state index in [-0.39, 0.29) is 14.9 Å². The maximum atomic E-state index is 11.9. The lowest BCUT2D eigenvalue weighted by molar-refractivity contribution is 0.0697. The molecule has 0 atom stereocenters. The quantitative estimate of drug-likeness (QED) is 0.900. The number of aromatic nitrogens is 1. The summed E-state index contributed by atoms with van der Waals surface area (Å²) in [7, 11) is -3.76. The molecule has 2 N–H and O–H groups in total. The number of hydrogen-bond acceptors (Lipinski definition) is 6. The number of aromatic carboxylic acids is 1. The standard InChI is InChI=1S/C9H8N2O4S3/c1-5-3-17-9(10-5)11-18(14,15)7-2-6(4-16-7)8(12)13/h2-4H,1H3,(H,10,11)(H,12,13). The number of carboxylic acids is 1. The van der Waals surface area contributed by atoms with Crippen LogP contribution in [0.3, 0.4) is 0 Å². The molecule has 0 aliphatic carbocycles. The van der Waals surface area contributed by atoms with Gasteiger partial charge in [0.1, 0.15) is 4.21 Å². The number of hydrogen-bond donors (Lipinski definition) is 2. The molecule has 2 aromatic rings. The highest BCUT2D eigenvalue weighted by Gasteiger charge is 2.20. The molecule has 0 saturated carbocycles. The topological polar surface area (TPSA) is 96.4 Å². The molecule has 9 heteroatoms. The molecule has 0 amide bonds. The highest BCUT2D eigenvalue weighted by molar-refractivity contribution is 7.94. The second-order valence-corrected chi connectivity index (χ2v) is 7.04. The first-order valence-corrected chi connectivity index (χ1v) is 7.89. The van der Waals surface area contributed by atoms with Crippen molar-refractivity contribution in [2.24, 2.45) is 0 Å². The predicted molar refractivity (Wildman–Crippen MR) is 68.9 cm³/mol. The first kappa shape index (κ1) is 13.0. The summed E-state index contributed by atoms with van der Waals surface area (Å²) in [5, 5.41) is 12.0. The summed E-state index contributed by atoms with van der Waals surface area (Å²) >= 11 is 2.03. The monoisotopic (exact) mass is 304 g/mol. The third-order valence-corrected chi connectivity index (χ3v) is 5.71. The molecule has 96 valence electrons. The Labute approximate surface area is 111 Å². The van der Waals surface area contributed by atoms with E-state index < -0.39 is 16.0 Å². The van der Waals surface area contributed by atoms with Gasteiger partial charge >= 0.3 is 5.97 Å². The lowest BCUT2D eigenvalue weighted by atomic mass is 10.4. The second kappa shape index (κ2) is 4.67. The van der Waals surface area contributed by atoms with Gasteiger partial charge in [0.15, 0.2) is 5.13 Å². The highest BCUT2D eigenvalue weighted by Crippen LogP contribution is 2.24. The Morgan fingerprint density at radius 1 is 1.39 bits per heavy atom. The van der Waals surface area contributed by atoms with Gasteiger partial charge in [-0.15, -0.1) is 22.7 Å². The van der Waals surface area contributed by atoms with Crippen LogP contribution in [0.2, 0.25) is 0 Å². The average molecular weight is 304 g/mol. The second-order valence-electron chi connectivity index (χ2n) is 3.36. The maximum Gasteiger partial charge on any atom is 0.336 e. The van der Waals surface area contributed by atoms with Crippen molar-refractivity contribution in [3.8, 4) is 0 Å². The number of anilines is 1. The zero-order chi connectivity index (χ0) is 13.3. The normalized spacial score (nSPS) is 11.4. The SMILES string of the molecule is Cc1csc(NS(=O)(=O)c2cc(C(=O)O)cs2)n1. The number of aryl methyl sites for hydroxylation is 1.